The van der Waals surface area contributed by atoms with Gasteiger partial charge in [-0.2, -0.15) is 5.10 Å². The third kappa shape index (κ3) is 5.51. The van der Waals surface area contributed by atoms with Gasteiger partial charge in [-0.3, -0.25) is 20.2 Å². The van der Waals surface area contributed by atoms with Gasteiger partial charge in [0.2, 0.25) is 0 Å². The standard InChI is InChI=1S/C26H21N5O6/c1-2-37-25(33)21-22(24(32)28-26(34)27-18-12-7-4-8-13-18)29-30(23(21)17-10-5-3-6-11-17)19-14-9-15-20(16-19)31(35)36/h3-16H,2H2,1H3,(H2,27,28,32,34). The van der Waals surface area contributed by atoms with Crippen molar-refractivity contribution in [3.63, 3.8) is 0 Å². The smallest absolute Gasteiger partial charge is 0.342 e. The van der Waals surface area contributed by atoms with Gasteiger partial charge in [0.25, 0.3) is 11.6 Å². The largest absolute Gasteiger partial charge is 0.462 e. The molecule has 1 heterocycles. The minimum absolute atomic E-state index is 0.0185. The molecule has 0 spiro atoms. The Kier molecular flexibility index (Phi) is 7.34. The number of rotatable bonds is 7. The predicted molar refractivity (Wildman–Crippen MR) is 135 cm³/mol. The third-order valence-corrected chi connectivity index (χ3v) is 5.17. The van der Waals surface area contributed by atoms with Gasteiger partial charge < -0.3 is 10.1 Å². The van der Waals surface area contributed by atoms with Crippen LogP contribution in [0.15, 0.2) is 84.9 Å². The maximum atomic E-state index is 13.2. The molecule has 11 heteroatoms. The molecule has 0 aliphatic rings. The lowest BCUT2D eigenvalue weighted by Crippen LogP contribution is -2.35. The lowest BCUT2D eigenvalue weighted by molar-refractivity contribution is -0.384. The molecule has 37 heavy (non-hydrogen) atoms. The number of hydrogen-bond donors (Lipinski definition) is 2. The summed E-state index contributed by atoms with van der Waals surface area (Å²) in [7, 11) is 0. The molecule has 0 bridgehead atoms. The number of ether oxygens (including phenoxy) is 1. The number of urea groups is 1. The first-order valence-corrected chi connectivity index (χ1v) is 11.2. The van der Waals surface area contributed by atoms with Crippen molar-refractivity contribution in [3.05, 3.63) is 106 Å². The van der Waals surface area contributed by atoms with E-state index in [0.717, 1.165) is 0 Å². The molecule has 0 aliphatic carbocycles. The van der Waals surface area contributed by atoms with E-state index in [0.29, 0.717) is 11.3 Å². The van der Waals surface area contributed by atoms with Gasteiger partial charge in [-0.05, 0) is 25.1 Å². The van der Waals surface area contributed by atoms with Gasteiger partial charge in [-0.15, -0.1) is 0 Å². The summed E-state index contributed by atoms with van der Waals surface area (Å²) >= 11 is 0. The van der Waals surface area contributed by atoms with Crippen LogP contribution < -0.4 is 10.6 Å². The summed E-state index contributed by atoms with van der Waals surface area (Å²) in [6, 6.07) is 21.8. The lowest BCUT2D eigenvalue weighted by Gasteiger charge is -2.10. The number of hydrogen-bond acceptors (Lipinski definition) is 7. The van der Waals surface area contributed by atoms with Crippen molar-refractivity contribution < 1.29 is 24.0 Å². The monoisotopic (exact) mass is 499 g/mol. The van der Waals surface area contributed by atoms with Crippen LogP contribution in [0.25, 0.3) is 16.9 Å². The fourth-order valence-electron chi connectivity index (χ4n) is 3.61. The number of imide groups is 1. The van der Waals surface area contributed by atoms with Crippen LogP contribution in [0.4, 0.5) is 16.2 Å². The Hall–Kier alpha value is -5.32. The molecule has 3 aromatic carbocycles. The van der Waals surface area contributed by atoms with Crippen LogP contribution in [-0.2, 0) is 4.74 Å². The van der Waals surface area contributed by atoms with Gasteiger partial charge in [0.05, 0.1) is 22.9 Å². The summed E-state index contributed by atoms with van der Waals surface area (Å²) in [6.07, 6.45) is 0. The van der Waals surface area contributed by atoms with Crippen molar-refractivity contribution in [2.75, 3.05) is 11.9 Å². The molecule has 0 aliphatic heterocycles. The van der Waals surface area contributed by atoms with Crippen molar-refractivity contribution >= 4 is 29.3 Å². The van der Waals surface area contributed by atoms with Crippen LogP contribution in [0, 0.1) is 10.1 Å². The average Bonchev–Trinajstić information content (AvgIpc) is 3.31. The number of benzene rings is 3. The Morgan fingerprint density at radius 2 is 1.65 bits per heavy atom. The zero-order valence-corrected chi connectivity index (χ0v) is 19.6. The molecule has 1 aromatic heterocycles. The first-order valence-electron chi connectivity index (χ1n) is 11.2. The highest BCUT2D eigenvalue weighted by Crippen LogP contribution is 2.31. The molecule has 0 unspecified atom stereocenters. The SMILES string of the molecule is CCOC(=O)c1c(C(=O)NC(=O)Nc2ccccc2)nn(-c2cccc([N+](=O)[O-])c2)c1-c1ccccc1. The summed E-state index contributed by atoms with van der Waals surface area (Å²) in [5.41, 5.74) is 0.567. The van der Waals surface area contributed by atoms with E-state index < -0.39 is 22.8 Å². The predicted octanol–water partition coefficient (Wildman–Crippen LogP) is 4.59. The first kappa shape index (κ1) is 24.8. The quantitative estimate of drug-likeness (QED) is 0.215. The van der Waals surface area contributed by atoms with Gasteiger partial charge in [0, 0.05) is 23.4 Å². The summed E-state index contributed by atoms with van der Waals surface area (Å²) < 4.78 is 6.46. The van der Waals surface area contributed by atoms with Crippen LogP contribution in [-0.4, -0.2) is 39.2 Å². The number of nitro groups is 1. The highest BCUT2D eigenvalue weighted by atomic mass is 16.6. The number of nitrogens with one attached hydrogen (secondary N) is 2. The number of anilines is 1. The molecule has 3 amide bonds. The fraction of sp³-hybridized carbons (Fsp3) is 0.0769. The molecule has 0 atom stereocenters. The van der Waals surface area contributed by atoms with Gasteiger partial charge in [-0.25, -0.2) is 14.3 Å². The number of carbonyl (C=O) groups excluding carboxylic acids is 3. The second-order valence-electron chi connectivity index (χ2n) is 7.62. The zero-order valence-electron chi connectivity index (χ0n) is 19.6. The van der Waals surface area contributed by atoms with Crippen LogP contribution in [0.5, 0.6) is 0 Å². The van der Waals surface area contributed by atoms with Crippen LogP contribution in [0.2, 0.25) is 0 Å². The fourth-order valence-corrected chi connectivity index (χ4v) is 3.61. The van der Waals surface area contributed by atoms with Gasteiger partial charge in [-0.1, -0.05) is 54.6 Å². The second-order valence-corrected chi connectivity index (χ2v) is 7.62. The van der Waals surface area contributed by atoms with Gasteiger partial charge >= 0.3 is 12.0 Å². The average molecular weight is 499 g/mol. The van der Waals surface area contributed by atoms with Crippen molar-refractivity contribution in [1.82, 2.24) is 15.1 Å². The van der Waals surface area contributed by atoms with Crippen molar-refractivity contribution in [3.8, 4) is 16.9 Å². The van der Waals surface area contributed by atoms with E-state index >= 15 is 0 Å². The summed E-state index contributed by atoms with van der Waals surface area (Å²) in [5.74, 6) is -1.80. The summed E-state index contributed by atoms with van der Waals surface area (Å²) in [5, 5.41) is 20.4. The molecule has 0 radical (unpaired) electrons. The Labute approximate surface area is 210 Å². The van der Waals surface area contributed by atoms with Crippen LogP contribution in [0.1, 0.15) is 27.8 Å². The second kappa shape index (κ2) is 11.0. The number of para-hydroxylation sites is 1. The number of amides is 3. The minimum Gasteiger partial charge on any atom is -0.462 e. The molecule has 0 fully saturated rings. The van der Waals surface area contributed by atoms with Gasteiger partial charge in [0.1, 0.15) is 5.56 Å². The molecular weight excluding hydrogens is 478 g/mol. The van der Waals surface area contributed by atoms with E-state index in [9.17, 15) is 24.5 Å². The highest BCUT2D eigenvalue weighted by molar-refractivity contribution is 6.13. The number of nitro benzene ring substituents is 1. The number of esters is 1. The topological polar surface area (TPSA) is 145 Å². The van der Waals surface area contributed by atoms with E-state index in [1.54, 1.807) is 73.7 Å². The normalized spacial score (nSPS) is 10.4. The maximum Gasteiger partial charge on any atom is 0.342 e. The number of carbonyl (C=O) groups is 3. The molecule has 0 saturated carbocycles. The lowest BCUT2D eigenvalue weighted by atomic mass is 10.0. The molecule has 4 rings (SSSR count). The van der Waals surface area contributed by atoms with Crippen molar-refractivity contribution in [1.29, 1.82) is 0 Å². The Balaban J connectivity index is 1.85. The maximum absolute atomic E-state index is 13.2. The molecule has 11 nitrogen and oxygen atoms in total. The number of aromatic nitrogens is 2. The van der Waals surface area contributed by atoms with E-state index in [-0.39, 0.29) is 34.9 Å². The molecular formula is C26H21N5O6. The van der Waals surface area contributed by atoms with E-state index in [1.165, 1.54) is 22.9 Å². The summed E-state index contributed by atoms with van der Waals surface area (Å²) in [4.78, 5) is 49.6. The van der Waals surface area contributed by atoms with Crippen molar-refractivity contribution in [2.45, 2.75) is 6.92 Å². The number of non-ortho nitro benzene ring substituents is 1. The Morgan fingerprint density at radius 3 is 2.30 bits per heavy atom. The van der Waals surface area contributed by atoms with Gasteiger partial charge in [0.15, 0.2) is 5.69 Å². The highest BCUT2D eigenvalue weighted by Gasteiger charge is 2.31. The Morgan fingerprint density at radius 1 is 0.973 bits per heavy atom. The number of nitrogens with zero attached hydrogens (tertiary/aromatic N) is 3. The third-order valence-electron chi connectivity index (χ3n) is 5.17. The molecule has 0 saturated heterocycles. The van der Waals surface area contributed by atoms with Crippen molar-refractivity contribution in [2.24, 2.45) is 0 Å². The van der Waals surface area contributed by atoms with Crippen LogP contribution >= 0.6 is 0 Å². The minimum atomic E-state index is -0.960. The molecule has 4 aromatic rings. The summed E-state index contributed by atoms with van der Waals surface area (Å²) in [6.45, 7) is 1.63. The molecule has 2 N–H and O–H groups in total. The van der Waals surface area contributed by atoms with E-state index in [1.807, 2.05) is 0 Å². The molecule has 186 valence electrons. The first-order chi connectivity index (χ1) is 17.9. The van der Waals surface area contributed by atoms with E-state index in [2.05, 4.69) is 15.7 Å². The van der Waals surface area contributed by atoms with E-state index in [4.69, 9.17) is 4.74 Å². The Bertz CT molecular complexity index is 1470. The zero-order chi connectivity index (χ0) is 26.4. The van der Waals surface area contributed by atoms with Crippen LogP contribution in [0.3, 0.4) is 0 Å².